The number of aliphatic hydroxyl groups is 1. The van der Waals surface area contributed by atoms with E-state index in [1.165, 1.54) is 19.3 Å². The van der Waals surface area contributed by atoms with E-state index in [2.05, 4.69) is 13.8 Å². The van der Waals surface area contributed by atoms with Gasteiger partial charge in [-0.25, -0.2) is 0 Å². The molecule has 0 aliphatic heterocycles. The number of hydrogen-bond donors (Lipinski definition) is 1. The average Bonchev–Trinajstić information content (AvgIpc) is 1.91. The molecule has 1 radical (unpaired) electrons. The minimum absolute atomic E-state index is 0. The third-order valence-electron chi connectivity index (χ3n) is 1.80. The molecule has 0 aromatic heterocycles. The third kappa shape index (κ3) is 10.8. The first-order valence-corrected chi connectivity index (χ1v) is 3.96. The Bertz CT molecular complexity index is 58.1. The zero-order valence-corrected chi connectivity index (χ0v) is 9.16. The fourth-order valence-corrected chi connectivity index (χ4v) is 0.917. The minimum atomic E-state index is 0. The van der Waals surface area contributed by atoms with Crippen LogP contribution >= 0.6 is 12.4 Å². The molecule has 3 heteroatoms. The van der Waals surface area contributed by atoms with Gasteiger partial charge in [-0.2, -0.15) is 0 Å². The van der Waals surface area contributed by atoms with E-state index in [9.17, 15) is 0 Å². The van der Waals surface area contributed by atoms with Crippen LogP contribution in [0.5, 0.6) is 0 Å². The van der Waals surface area contributed by atoms with Crippen molar-refractivity contribution in [3.05, 3.63) is 0 Å². The predicted molar refractivity (Wildman–Crippen MR) is 47.6 cm³/mol. The fraction of sp³-hybridized carbons (Fsp3) is 1.00. The van der Waals surface area contributed by atoms with Crippen LogP contribution < -0.4 is 0 Å². The molecule has 11 heavy (non-hydrogen) atoms. The van der Waals surface area contributed by atoms with Crippen molar-refractivity contribution in [1.82, 2.24) is 0 Å². The van der Waals surface area contributed by atoms with E-state index in [0.717, 1.165) is 6.42 Å². The van der Waals surface area contributed by atoms with Gasteiger partial charge in [-0.1, -0.05) is 33.1 Å². The van der Waals surface area contributed by atoms with Gasteiger partial charge in [0.1, 0.15) is 0 Å². The van der Waals surface area contributed by atoms with Gasteiger partial charge < -0.3 is 5.11 Å². The van der Waals surface area contributed by atoms with Crippen molar-refractivity contribution in [3.63, 3.8) is 0 Å². The van der Waals surface area contributed by atoms with Crippen LogP contribution in [0.3, 0.4) is 0 Å². The van der Waals surface area contributed by atoms with Gasteiger partial charge in [0.2, 0.25) is 0 Å². The maximum Gasteiger partial charge on any atom is 0.0459 e. The van der Waals surface area contributed by atoms with Crippen molar-refractivity contribution < 1.29 is 21.9 Å². The van der Waals surface area contributed by atoms with Crippen LogP contribution in [0.25, 0.3) is 0 Å². The molecule has 0 fully saturated rings. The largest absolute Gasteiger partial charge is 0.396 e. The molecule has 0 aliphatic rings. The second-order valence-corrected chi connectivity index (χ2v) is 2.60. The summed E-state index contributed by atoms with van der Waals surface area (Å²) in [6, 6.07) is 0. The van der Waals surface area contributed by atoms with Gasteiger partial charge in [-0.05, 0) is 12.3 Å². The van der Waals surface area contributed by atoms with Crippen molar-refractivity contribution in [3.8, 4) is 0 Å². The summed E-state index contributed by atoms with van der Waals surface area (Å²) in [7, 11) is 0. The van der Waals surface area contributed by atoms with Crippen LogP contribution in [0.4, 0.5) is 0 Å². The molecule has 0 heterocycles. The maximum absolute atomic E-state index is 8.75. The Labute approximate surface area is 86.6 Å². The Balaban J connectivity index is -0.000000320. The molecular weight excluding hydrogens is 206 g/mol. The second-order valence-electron chi connectivity index (χ2n) is 2.60. The maximum atomic E-state index is 8.75. The fourth-order valence-electron chi connectivity index (χ4n) is 0.917. The van der Waals surface area contributed by atoms with Crippen molar-refractivity contribution >= 4 is 12.4 Å². The summed E-state index contributed by atoms with van der Waals surface area (Å²) in [5.41, 5.74) is 0. The van der Waals surface area contributed by atoms with E-state index in [0.29, 0.717) is 12.5 Å². The summed E-state index contributed by atoms with van der Waals surface area (Å²) in [4.78, 5) is 0. The molecule has 0 saturated carbocycles. The Morgan fingerprint density at radius 1 is 1.27 bits per heavy atom. The number of unbranched alkanes of at least 4 members (excludes halogenated alkanes) is 1. The van der Waals surface area contributed by atoms with Crippen LogP contribution in [0, 0.1) is 5.92 Å². The van der Waals surface area contributed by atoms with Gasteiger partial charge >= 0.3 is 0 Å². The number of rotatable bonds is 5. The van der Waals surface area contributed by atoms with E-state index in [1.807, 2.05) is 0 Å². The standard InChI is InChI=1S/C8H18O.ClH.Co/c1-3-5-6-8(4-2)7-9;;/h8-9H,3-7H2,1-2H3;1H;. The molecule has 1 atom stereocenters. The molecule has 0 aliphatic carbocycles. The number of hydrogen-bond acceptors (Lipinski definition) is 1. The van der Waals surface area contributed by atoms with E-state index in [1.54, 1.807) is 0 Å². The van der Waals surface area contributed by atoms with Crippen LogP contribution in [0.2, 0.25) is 0 Å². The summed E-state index contributed by atoms with van der Waals surface area (Å²) in [5, 5.41) is 8.75. The quantitative estimate of drug-likeness (QED) is 0.763. The summed E-state index contributed by atoms with van der Waals surface area (Å²) < 4.78 is 0. The minimum Gasteiger partial charge on any atom is -0.396 e. The Kier molecular flexibility index (Phi) is 21.5. The van der Waals surface area contributed by atoms with E-state index < -0.39 is 0 Å². The third-order valence-corrected chi connectivity index (χ3v) is 1.80. The zero-order valence-electron chi connectivity index (χ0n) is 7.30. The zero-order chi connectivity index (χ0) is 7.11. The molecule has 1 unspecified atom stereocenters. The molecular formula is C8H19ClCoO. The van der Waals surface area contributed by atoms with Gasteiger partial charge in [0.05, 0.1) is 0 Å². The summed E-state index contributed by atoms with van der Waals surface area (Å²) in [6.45, 7) is 4.69. The first kappa shape index (κ1) is 17.7. The van der Waals surface area contributed by atoms with Gasteiger partial charge in [-0.15, -0.1) is 12.4 Å². The summed E-state index contributed by atoms with van der Waals surface area (Å²) >= 11 is 0. The van der Waals surface area contributed by atoms with Crippen molar-refractivity contribution in [2.75, 3.05) is 6.61 Å². The van der Waals surface area contributed by atoms with Crippen LogP contribution in [-0.2, 0) is 16.8 Å². The Morgan fingerprint density at radius 2 is 1.82 bits per heavy atom. The topological polar surface area (TPSA) is 20.2 Å². The molecule has 0 spiro atoms. The van der Waals surface area contributed by atoms with E-state index >= 15 is 0 Å². The van der Waals surface area contributed by atoms with Crippen molar-refractivity contribution in [1.29, 1.82) is 0 Å². The molecule has 0 amide bonds. The molecule has 0 bridgehead atoms. The molecule has 0 rings (SSSR count). The first-order chi connectivity index (χ1) is 4.35. The Hall–Kier alpha value is 0.756. The van der Waals surface area contributed by atoms with Crippen LogP contribution in [0.15, 0.2) is 0 Å². The van der Waals surface area contributed by atoms with Gasteiger partial charge in [-0.3, -0.25) is 0 Å². The van der Waals surface area contributed by atoms with E-state index in [-0.39, 0.29) is 29.2 Å². The van der Waals surface area contributed by atoms with Crippen molar-refractivity contribution in [2.45, 2.75) is 39.5 Å². The monoisotopic (exact) mass is 225 g/mol. The smallest absolute Gasteiger partial charge is 0.0459 e. The van der Waals surface area contributed by atoms with E-state index in [4.69, 9.17) is 5.11 Å². The SMILES string of the molecule is CCCCC(CC)CO.Cl.[Co]. The van der Waals surface area contributed by atoms with Crippen LogP contribution in [0.1, 0.15) is 39.5 Å². The summed E-state index contributed by atoms with van der Waals surface area (Å²) in [5.74, 6) is 0.560. The molecule has 1 N–H and O–H groups in total. The molecule has 0 aromatic rings. The number of halogens is 1. The van der Waals surface area contributed by atoms with Gasteiger partial charge in [0, 0.05) is 23.4 Å². The second kappa shape index (κ2) is 13.4. The van der Waals surface area contributed by atoms with Crippen molar-refractivity contribution in [2.24, 2.45) is 5.92 Å². The summed E-state index contributed by atoms with van der Waals surface area (Å²) in [6.07, 6.45) is 4.83. The normalized spacial score (nSPS) is 11.2. The molecule has 0 aromatic carbocycles. The number of aliphatic hydroxyl groups excluding tert-OH is 1. The Morgan fingerprint density at radius 3 is 2.09 bits per heavy atom. The van der Waals surface area contributed by atoms with Gasteiger partial charge in [0.25, 0.3) is 0 Å². The molecule has 0 saturated heterocycles. The van der Waals surface area contributed by atoms with Crippen LogP contribution in [-0.4, -0.2) is 11.7 Å². The average molecular weight is 226 g/mol. The first-order valence-electron chi connectivity index (χ1n) is 3.96. The molecule has 1 nitrogen and oxygen atoms in total. The molecule has 73 valence electrons. The van der Waals surface area contributed by atoms with Gasteiger partial charge in [0.15, 0.2) is 0 Å². The predicted octanol–water partition coefficient (Wildman–Crippen LogP) is 2.61.